The van der Waals surface area contributed by atoms with Crippen LogP contribution in [0.1, 0.15) is 16.8 Å². The lowest BCUT2D eigenvalue weighted by atomic mass is 9.95. The molecule has 1 aromatic heterocycles. The summed E-state index contributed by atoms with van der Waals surface area (Å²) in [5.41, 5.74) is 3.53. The molecule has 6 nitrogen and oxygen atoms in total. The Morgan fingerprint density at radius 2 is 2.07 bits per heavy atom. The first-order valence-corrected chi connectivity index (χ1v) is 8.26. The summed E-state index contributed by atoms with van der Waals surface area (Å²) in [6.45, 7) is 1.76. The van der Waals surface area contributed by atoms with Crippen LogP contribution in [0.3, 0.4) is 0 Å². The van der Waals surface area contributed by atoms with Crippen LogP contribution in [-0.2, 0) is 15.7 Å². The fourth-order valence-electron chi connectivity index (χ4n) is 2.96. The van der Waals surface area contributed by atoms with Crippen LogP contribution in [0.2, 0.25) is 0 Å². The van der Waals surface area contributed by atoms with Crippen molar-refractivity contribution in [3.63, 3.8) is 0 Å². The van der Waals surface area contributed by atoms with E-state index in [-0.39, 0.29) is 23.4 Å². The highest BCUT2D eigenvalue weighted by Crippen LogP contribution is 2.38. The van der Waals surface area contributed by atoms with Crippen LogP contribution in [0.5, 0.6) is 0 Å². The number of ether oxygens (including phenoxy) is 1. The van der Waals surface area contributed by atoms with Crippen molar-refractivity contribution in [2.45, 2.75) is 13.1 Å². The predicted octanol–water partition coefficient (Wildman–Crippen LogP) is 3.65. The number of alkyl halides is 3. The number of hydrogen-bond donors (Lipinski definition) is 2. The molecular weight excluding hydrogens is 373 g/mol. The topological polar surface area (TPSA) is 79.4 Å². The number of aromatic nitrogens is 2. The molecule has 3 rings (SSSR count). The van der Waals surface area contributed by atoms with Gasteiger partial charge in [-0.1, -0.05) is 24.3 Å². The zero-order chi connectivity index (χ0) is 20.3. The third-order valence-corrected chi connectivity index (χ3v) is 4.26. The molecule has 0 fully saturated rings. The second kappa shape index (κ2) is 7.81. The predicted molar refractivity (Wildman–Crippen MR) is 98.9 cm³/mol. The maximum atomic E-state index is 13.8. The van der Waals surface area contributed by atoms with Gasteiger partial charge < -0.3 is 4.74 Å². The van der Waals surface area contributed by atoms with Crippen molar-refractivity contribution in [1.29, 1.82) is 0 Å². The van der Waals surface area contributed by atoms with E-state index < -0.39 is 11.7 Å². The summed E-state index contributed by atoms with van der Waals surface area (Å²) in [5, 5.41) is 11.5. The summed E-state index contributed by atoms with van der Waals surface area (Å²) in [7, 11) is 1.39. The van der Waals surface area contributed by atoms with Crippen LogP contribution in [-0.4, -0.2) is 36.0 Å². The lowest BCUT2D eigenvalue weighted by molar-refractivity contribution is -0.137. The summed E-state index contributed by atoms with van der Waals surface area (Å²) in [5.74, 6) is 0. The second-order valence-electron chi connectivity index (χ2n) is 6.07. The van der Waals surface area contributed by atoms with Crippen molar-refractivity contribution < 1.29 is 22.7 Å². The van der Waals surface area contributed by atoms with E-state index in [1.54, 1.807) is 18.2 Å². The maximum absolute atomic E-state index is 13.8. The number of rotatable bonds is 6. The zero-order valence-electron chi connectivity index (χ0n) is 15.1. The van der Waals surface area contributed by atoms with Crippen LogP contribution in [0, 0.1) is 6.92 Å². The number of nitrogens with one attached hydrogen (secondary N) is 2. The van der Waals surface area contributed by atoms with Gasteiger partial charge in [-0.2, -0.15) is 23.4 Å². The van der Waals surface area contributed by atoms with Gasteiger partial charge in [0.15, 0.2) is 0 Å². The van der Waals surface area contributed by atoms with E-state index >= 15 is 0 Å². The Morgan fingerprint density at radius 1 is 1.29 bits per heavy atom. The SMILES string of the molecule is COC/C(=N\NC=O)c1ccc(-c2ccc3c(C)n[nH]c3c2)c(C(F)(F)F)c1. The molecule has 0 saturated heterocycles. The Morgan fingerprint density at radius 3 is 2.75 bits per heavy atom. The smallest absolute Gasteiger partial charge is 0.378 e. The van der Waals surface area contributed by atoms with Gasteiger partial charge in [-0.15, -0.1) is 0 Å². The first kappa shape index (κ1) is 19.6. The summed E-state index contributed by atoms with van der Waals surface area (Å²) in [6, 6.07) is 8.91. The molecule has 0 bridgehead atoms. The Balaban J connectivity index is 2.14. The van der Waals surface area contributed by atoms with E-state index in [1.165, 1.54) is 19.2 Å². The van der Waals surface area contributed by atoms with E-state index in [4.69, 9.17) is 4.74 Å². The van der Waals surface area contributed by atoms with Crippen LogP contribution in [0.4, 0.5) is 13.2 Å². The fourth-order valence-corrected chi connectivity index (χ4v) is 2.96. The molecule has 9 heteroatoms. The molecule has 0 aliphatic rings. The van der Waals surface area contributed by atoms with Crippen molar-refractivity contribution in [2.75, 3.05) is 13.7 Å². The molecule has 0 atom stereocenters. The minimum absolute atomic E-state index is 0.0329. The van der Waals surface area contributed by atoms with Crippen molar-refractivity contribution in [1.82, 2.24) is 15.6 Å². The summed E-state index contributed by atoms with van der Waals surface area (Å²) in [6.07, 6.45) is -4.25. The lowest BCUT2D eigenvalue weighted by Crippen LogP contribution is -2.16. The Hall–Kier alpha value is -3.20. The van der Waals surface area contributed by atoms with E-state index in [2.05, 4.69) is 20.7 Å². The normalized spacial score (nSPS) is 12.4. The van der Waals surface area contributed by atoms with Gasteiger partial charge in [0, 0.05) is 18.1 Å². The first-order chi connectivity index (χ1) is 13.3. The minimum atomic E-state index is -4.58. The van der Waals surface area contributed by atoms with E-state index in [9.17, 15) is 18.0 Å². The fraction of sp³-hybridized carbons (Fsp3) is 0.211. The molecule has 0 unspecified atom stereocenters. The van der Waals surface area contributed by atoms with Crippen LogP contribution >= 0.6 is 0 Å². The number of halogens is 3. The molecular formula is C19H17F3N4O2. The highest BCUT2D eigenvalue weighted by atomic mass is 19.4. The van der Waals surface area contributed by atoms with E-state index in [0.717, 1.165) is 17.1 Å². The highest BCUT2D eigenvalue weighted by molar-refractivity contribution is 6.02. The third kappa shape index (κ3) is 3.89. The number of methoxy groups -OCH3 is 1. The van der Waals surface area contributed by atoms with Crippen molar-refractivity contribution in [3.05, 3.63) is 53.2 Å². The number of amides is 1. The molecule has 1 amide bonds. The van der Waals surface area contributed by atoms with Gasteiger partial charge in [0.05, 0.1) is 29.1 Å². The number of fused-ring (bicyclic) bond motifs is 1. The molecule has 0 radical (unpaired) electrons. The number of nitrogens with zero attached hydrogens (tertiary/aromatic N) is 2. The molecule has 0 aliphatic heterocycles. The number of H-pyrrole nitrogens is 1. The number of hydrogen-bond acceptors (Lipinski definition) is 4. The molecule has 3 aromatic rings. The molecule has 28 heavy (non-hydrogen) atoms. The summed E-state index contributed by atoms with van der Waals surface area (Å²) >= 11 is 0. The molecule has 0 saturated carbocycles. The highest BCUT2D eigenvalue weighted by Gasteiger charge is 2.34. The van der Waals surface area contributed by atoms with Gasteiger partial charge in [0.1, 0.15) is 0 Å². The van der Waals surface area contributed by atoms with Crippen LogP contribution in [0.25, 0.3) is 22.0 Å². The molecule has 2 N–H and O–H groups in total. The molecule has 146 valence electrons. The van der Waals surface area contributed by atoms with Crippen molar-refractivity contribution in [2.24, 2.45) is 5.10 Å². The molecule has 1 heterocycles. The number of carbonyl (C=O) groups is 1. The standard InChI is InChI=1S/C19H17F3N4O2/c1-11-14-5-3-12(8-17(14)26-24-11)15-6-4-13(7-16(15)19(20,21)22)18(9-28-2)25-23-10-27/h3-8,10H,9H2,1-2H3,(H,23,27)(H,24,26)/b25-18+. The molecule has 0 spiro atoms. The largest absolute Gasteiger partial charge is 0.417 e. The van der Waals surface area contributed by atoms with Gasteiger partial charge in [-0.05, 0) is 30.2 Å². The monoisotopic (exact) mass is 390 g/mol. The molecule has 2 aromatic carbocycles. The average molecular weight is 390 g/mol. The lowest BCUT2D eigenvalue weighted by Gasteiger charge is -2.16. The second-order valence-corrected chi connectivity index (χ2v) is 6.07. The number of aryl methyl sites for hydroxylation is 1. The molecule has 0 aliphatic carbocycles. The van der Waals surface area contributed by atoms with Crippen molar-refractivity contribution in [3.8, 4) is 11.1 Å². The Labute approximate surface area is 158 Å². The summed E-state index contributed by atoms with van der Waals surface area (Å²) in [4.78, 5) is 10.5. The quantitative estimate of drug-likeness (QED) is 0.383. The van der Waals surface area contributed by atoms with Gasteiger partial charge in [0.2, 0.25) is 6.41 Å². The van der Waals surface area contributed by atoms with E-state index in [1.807, 2.05) is 6.92 Å². The van der Waals surface area contributed by atoms with E-state index in [0.29, 0.717) is 17.5 Å². The van der Waals surface area contributed by atoms with Crippen molar-refractivity contribution >= 4 is 23.0 Å². The summed E-state index contributed by atoms with van der Waals surface area (Å²) < 4.78 is 46.3. The third-order valence-electron chi connectivity index (χ3n) is 4.26. The number of benzene rings is 2. The van der Waals surface area contributed by atoms with Crippen LogP contribution < -0.4 is 5.43 Å². The first-order valence-electron chi connectivity index (χ1n) is 8.26. The van der Waals surface area contributed by atoms with Crippen LogP contribution in [0.15, 0.2) is 41.5 Å². The number of hydrazone groups is 1. The van der Waals surface area contributed by atoms with Gasteiger partial charge >= 0.3 is 6.18 Å². The van der Waals surface area contributed by atoms with Gasteiger partial charge in [0.25, 0.3) is 0 Å². The Kier molecular flexibility index (Phi) is 5.46. The number of carbonyl (C=O) groups excluding carboxylic acids is 1. The van der Waals surface area contributed by atoms with Gasteiger partial charge in [-0.3, -0.25) is 9.89 Å². The maximum Gasteiger partial charge on any atom is 0.417 e. The minimum Gasteiger partial charge on any atom is -0.378 e. The Bertz CT molecular complexity index is 1040. The zero-order valence-corrected chi connectivity index (χ0v) is 15.1. The van der Waals surface area contributed by atoms with Gasteiger partial charge in [-0.25, -0.2) is 5.43 Å². The average Bonchev–Trinajstić information content (AvgIpc) is 3.04. The number of aromatic amines is 1.